The Morgan fingerprint density at radius 2 is 0.698 bits per heavy atom. The van der Waals surface area contributed by atoms with E-state index >= 15 is 0 Å². The molecule has 0 aliphatic carbocycles. The van der Waals surface area contributed by atoms with Crippen molar-refractivity contribution in [2.75, 3.05) is 0 Å². The molecule has 302 valence electrons. The van der Waals surface area contributed by atoms with Gasteiger partial charge in [0.05, 0.1) is 11.0 Å². The van der Waals surface area contributed by atoms with Crippen molar-refractivity contribution in [1.29, 1.82) is 0 Å². The number of aromatic nitrogens is 1. The molecule has 0 N–H and O–H groups in total. The molecule has 0 saturated carbocycles. The molecule has 0 unspecified atom stereocenters. The van der Waals surface area contributed by atoms with E-state index in [9.17, 15) is 0 Å². The minimum atomic E-state index is -2.11. The molecule has 63 heavy (non-hydrogen) atoms. The van der Waals surface area contributed by atoms with E-state index in [0.29, 0.717) is 0 Å². The summed E-state index contributed by atoms with van der Waals surface area (Å²) >= 11 is 0. The van der Waals surface area contributed by atoms with Crippen molar-refractivity contribution in [2.24, 2.45) is 0 Å². The van der Waals surface area contributed by atoms with Crippen LogP contribution in [0.1, 0.15) is 0 Å². The van der Waals surface area contributed by atoms with Crippen LogP contribution in [0.2, 0.25) is 26.2 Å². The minimum absolute atomic E-state index is 1.19. The van der Waals surface area contributed by atoms with Crippen LogP contribution in [0.4, 0.5) is 0 Å². The van der Waals surface area contributed by atoms with Crippen molar-refractivity contribution >= 4 is 80.2 Å². The van der Waals surface area contributed by atoms with Gasteiger partial charge in [-0.2, -0.15) is 0 Å². The third-order valence-corrected chi connectivity index (χ3v) is 20.9. The monoisotopic (exact) mass is 839 g/mol. The first-order valence-corrected chi connectivity index (χ1v) is 28.2. The van der Waals surface area contributed by atoms with Crippen molar-refractivity contribution in [1.82, 2.24) is 4.57 Å². The van der Waals surface area contributed by atoms with E-state index in [-0.39, 0.29) is 0 Å². The summed E-state index contributed by atoms with van der Waals surface area (Å²) < 4.78 is 2.41. The van der Waals surface area contributed by atoms with Crippen LogP contribution in [-0.4, -0.2) is 20.7 Å². The van der Waals surface area contributed by atoms with Crippen LogP contribution in [0.5, 0.6) is 0 Å². The van der Waals surface area contributed by atoms with Crippen LogP contribution in [0.15, 0.2) is 224 Å². The van der Waals surface area contributed by atoms with Gasteiger partial charge in [0.2, 0.25) is 0 Å². The fourth-order valence-corrected chi connectivity index (χ4v) is 14.8. The van der Waals surface area contributed by atoms with E-state index < -0.39 is 16.1 Å². The van der Waals surface area contributed by atoms with Crippen molar-refractivity contribution in [2.45, 2.75) is 26.2 Å². The standard InChI is InChI=1S/C60H49NSi2/c1-62(2,47-22-12-7-13-23-47)48-33-30-44(31-34-48)60-53-26-15-14-25-52(53)59(54-38-32-45(40-56(54)60)42-18-8-5-9-19-42)43-28-35-49(36-29-43)63(3,4)50-37-39-58-55(41-50)51-24-16-17-27-57(51)61(58)46-20-10-6-11-21-46/h5-41H,1-4H3. The Morgan fingerprint density at radius 3 is 1.32 bits per heavy atom. The molecule has 0 bridgehead atoms. The zero-order valence-corrected chi connectivity index (χ0v) is 38.3. The molecular formula is C60H49NSi2. The van der Waals surface area contributed by atoms with Crippen LogP contribution in [-0.2, 0) is 0 Å². The van der Waals surface area contributed by atoms with Crippen molar-refractivity contribution in [3.63, 3.8) is 0 Å². The Labute approximate surface area is 372 Å². The number of benzene rings is 10. The molecule has 0 saturated heterocycles. The molecular weight excluding hydrogens is 791 g/mol. The number of nitrogens with zero attached hydrogens (tertiary/aromatic N) is 1. The third-order valence-electron chi connectivity index (χ3n) is 13.8. The van der Waals surface area contributed by atoms with Crippen molar-refractivity contribution in [3.8, 4) is 39.1 Å². The molecule has 0 amide bonds. The first-order chi connectivity index (χ1) is 30.8. The summed E-state index contributed by atoms with van der Waals surface area (Å²) in [5.74, 6) is 0. The lowest BCUT2D eigenvalue weighted by atomic mass is 9.85. The lowest BCUT2D eigenvalue weighted by molar-refractivity contribution is 1.18. The van der Waals surface area contributed by atoms with Gasteiger partial charge in [0.1, 0.15) is 16.1 Å². The molecule has 0 aliphatic heterocycles. The minimum Gasteiger partial charge on any atom is -0.309 e. The van der Waals surface area contributed by atoms with Gasteiger partial charge in [-0.05, 0) is 85.3 Å². The topological polar surface area (TPSA) is 4.93 Å². The average molecular weight is 840 g/mol. The first-order valence-electron chi connectivity index (χ1n) is 22.2. The number of para-hydroxylation sites is 2. The second kappa shape index (κ2) is 15.4. The Kier molecular flexibility index (Phi) is 9.49. The van der Waals surface area contributed by atoms with Gasteiger partial charge in [0.25, 0.3) is 0 Å². The van der Waals surface area contributed by atoms with Gasteiger partial charge in [-0.25, -0.2) is 0 Å². The molecule has 3 heteroatoms. The maximum atomic E-state index is 2.50. The van der Waals surface area contributed by atoms with Gasteiger partial charge >= 0.3 is 0 Å². The van der Waals surface area contributed by atoms with Gasteiger partial charge in [-0.3, -0.25) is 0 Å². The maximum Gasteiger partial charge on any atom is 0.112 e. The lowest BCUT2D eigenvalue weighted by Crippen LogP contribution is -2.52. The maximum absolute atomic E-state index is 2.50. The highest BCUT2D eigenvalue weighted by Crippen LogP contribution is 2.45. The summed E-state index contributed by atoms with van der Waals surface area (Å²) in [5, 5.41) is 13.5. The highest BCUT2D eigenvalue weighted by Gasteiger charge is 2.29. The number of hydrogen-bond donors (Lipinski definition) is 0. The Morgan fingerprint density at radius 1 is 0.270 bits per heavy atom. The summed E-state index contributed by atoms with van der Waals surface area (Å²) in [5.41, 5.74) is 11.2. The second-order valence-electron chi connectivity index (χ2n) is 18.1. The van der Waals surface area contributed by atoms with Gasteiger partial charge in [0, 0.05) is 16.5 Å². The van der Waals surface area contributed by atoms with Crippen LogP contribution in [0.25, 0.3) is 82.4 Å². The summed E-state index contributed by atoms with van der Waals surface area (Å²) in [6, 6.07) is 84.0. The highest BCUT2D eigenvalue weighted by atomic mass is 28.3. The highest BCUT2D eigenvalue weighted by molar-refractivity contribution is 7.01. The van der Waals surface area contributed by atoms with E-state index in [4.69, 9.17) is 0 Å². The van der Waals surface area contributed by atoms with E-state index in [1.165, 1.54) is 103 Å². The Balaban J connectivity index is 1.04. The summed E-state index contributed by atoms with van der Waals surface area (Å²) in [6.07, 6.45) is 0. The molecule has 1 heterocycles. The summed E-state index contributed by atoms with van der Waals surface area (Å²) in [7, 11) is -3.97. The van der Waals surface area contributed by atoms with Crippen molar-refractivity contribution in [3.05, 3.63) is 224 Å². The van der Waals surface area contributed by atoms with Crippen LogP contribution >= 0.6 is 0 Å². The van der Waals surface area contributed by atoms with E-state index in [1.807, 2.05) is 0 Å². The van der Waals surface area contributed by atoms with Gasteiger partial charge in [-0.1, -0.05) is 241 Å². The summed E-state index contributed by atoms with van der Waals surface area (Å²) in [6.45, 7) is 9.92. The summed E-state index contributed by atoms with van der Waals surface area (Å²) in [4.78, 5) is 0. The number of fused-ring (bicyclic) bond motifs is 5. The molecule has 0 aliphatic rings. The molecule has 0 fully saturated rings. The zero-order chi connectivity index (χ0) is 42.7. The molecule has 1 aromatic heterocycles. The molecule has 11 rings (SSSR count). The molecule has 1 nitrogen and oxygen atoms in total. The molecule has 0 radical (unpaired) electrons. The van der Waals surface area contributed by atoms with E-state index in [2.05, 4.69) is 255 Å². The van der Waals surface area contributed by atoms with Gasteiger partial charge < -0.3 is 4.57 Å². The number of rotatable bonds is 8. The predicted molar refractivity (Wildman–Crippen MR) is 278 cm³/mol. The molecule has 11 aromatic rings. The third kappa shape index (κ3) is 6.59. The normalized spacial score (nSPS) is 12.1. The lowest BCUT2D eigenvalue weighted by Gasteiger charge is -2.25. The van der Waals surface area contributed by atoms with Gasteiger partial charge in [0.15, 0.2) is 0 Å². The van der Waals surface area contributed by atoms with Gasteiger partial charge in [-0.15, -0.1) is 0 Å². The molecule has 0 atom stereocenters. The molecule has 0 spiro atoms. The largest absolute Gasteiger partial charge is 0.309 e. The quantitative estimate of drug-likeness (QED) is 0.106. The van der Waals surface area contributed by atoms with E-state index in [1.54, 1.807) is 0 Å². The second-order valence-corrected chi connectivity index (χ2v) is 26.9. The average Bonchev–Trinajstić information content (AvgIpc) is 3.68. The molecule has 10 aromatic carbocycles. The van der Waals surface area contributed by atoms with Crippen molar-refractivity contribution < 1.29 is 0 Å². The fraction of sp³-hybridized carbons (Fsp3) is 0.0667. The zero-order valence-electron chi connectivity index (χ0n) is 36.3. The smallest absolute Gasteiger partial charge is 0.112 e. The Hall–Kier alpha value is -7.05. The fourth-order valence-electron chi connectivity index (χ4n) is 10.1. The predicted octanol–water partition coefficient (Wildman–Crippen LogP) is 13.7. The van der Waals surface area contributed by atoms with Crippen LogP contribution in [0.3, 0.4) is 0 Å². The SMILES string of the molecule is C[Si](C)(c1ccccc1)c1ccc(-c2c3ccccc3c(-c3ccc([Si](C)(C)c4ccc5c(c4)c4ccccc4n5-c4ccccc4)cc3)c3ccc(-c4ccccc4)cc23)cc1. The van der Waals surface area contributed by atoms with E-state index in [0.717, 1.165) is 0 Å². The van der Waals surface area contributed by atoms with Crippen LogP contribution < -0.4 is 20.7 Å². The van der Waals surface area contributed by atoms with Crippen LogP contribution in [0, 0.1) is 0 Å². The number of hydrogen-bond acceptors (Lipinski definition) is 0. The first kappa shape index (κ1) is 38.8. The Bertz CT molecular complexity index is 3460.